The fourth-order valence-electron chi connectivity index (χ4n) is 3.86. The third-order valence-corrected chi connectivity index (χ3v) is 6.16. The van der Waals surface area contributed by atoms with Gasteiger partial charge in [0.15, 0.2) is 0 Å². The maximum atomic E-state index is 3.81. The Hall–Kier alpha value is -0.540. The van der Waals surface area contributed by atoms with Gasteiger partial charge in [0.05, 0.1) is 0 Å². The predicted octanol–water partition coefficient (Wildman–Crippen LogP) is 4.50. The molecular formula is C18H27BrN2. The Balaban J connectivity index is 1.74. The van der Waals surface area contributed by atoms with Crippen LogP contribution in [0.25, 0.3) is 0 Å². The summed E-state index contributed by atoms with van der Waals surface area (Å²) >= 11 is 3.68. The Kier molecular flexibility index (Phi) is 4.90. The summed E-state index contributed by atoms with van der Waals surface area (Å²) in [7, 11) is 0. The number of nitrogens with zero attached hydrogens (tertiary/aromatic N) is 1. The number of hydrogen-bond acceptors (Lipinski definition) is 2. The monoisotopic (exact) mass is 350 g/mol. The van der Waals surface area contributed by atoms with Gasteiger partial charge in [-0.25, -0.2) is 0 Å². The van der Waals surface area contributed by atoms with E-state index in [1.54, 1.807) is 0 Å². The summed E-state index contributed by atoms with van der Waals surface area (Å²) < 4.78 is 1.22. The van der Waals surface area contributed by atoms with Crippen LogP contribution < -0.4 is 10.2 Å². The van der Waals surface area contributed by atoms with Gasteiger partial charge in [0, 0.05) is 35.3 Å². The predicted molar refractivity (Wildman–Crippen MR) is 94.1 cm³/mol. The number of benzene rings is 1. The lowest BCUT2D eigenvalue weighted by Crippen LogP contribution is -2.58. The number of nitrogens with one attached hydrogen (secondary N) is 1. The molecule has 2 aliphatic rings. The van der Waals surface area contributed by atoms with Crippen LogP contribution in [0.3, 0.4) is 0 Å². The van der Waals surface area contributed by atoms with Crippen molar-refractivity contribution in [2.75, 3.05) is 18.0 Å². The lowest BCUT2D eigenvalue weighted by Gasteiger charge is -2.44. The van der Waals surface area contributed by atoms with E-state index < -0.39 is 0 Å². The first-order valence-corrected chi connectivity index (χ1v) is 9.20. The zero-order valence-electron chi connectivity index (χ0n) is 13.2. The SMILES string of the molecule is Cc1ccc(N2CC(C3CCCCC3)NCC2C)cc1Br. The number of aryl methyl sites for hydroxylation is 1. The van der Waals surface area contributed by atoms with Gasteiger partial charge in [0.1, 0.15) is 0 Å². The van der Waals surface area contributed by atoms with E-state index in [2.05, 4.69) is 58.2 Å². The minimum absolute atomic E-state index is 0.569. The molecule has 1 N–H and O–H groups in total. The first-order chi connectivity index (χ1) is 10.1. The molecule has 1 aromatic carbocycles. The molecule has 21 heavy (non-hydrogen) atoms. The quantitative estimate of drug-likeness (QED) is 0.844. The molecule has 0 aromatic heterocycles. The van der Waals surface area contributed by atoms with Crippen LogP contribution in [0.5, 0.6) is 0 Å². The number of halogens is 1. The third kappa shape index (κ3) is 3.45. The smallest absolute Gasteiger partial charge is 0.0387 e. The molecule has 1 saturated heterocycles. The van der Waals surface area contributed by atoms with E-state index in [0.717, 1.165) is 19.0 Å². The Morgan fingerprint density at radius 2 is 1.95 bits per heavy atom. The number of hydrogen-bond donors (Lipinski definition) is 1. The molecule has 1 aliphatic heterocycles. The highest BCUT2D eigenvalue weighted by Gasteiger charge is 2.31. The van der Waals surface area contributed by atoms with Gasteiger partial charge in [0.25, 0.3) is 0 Å². The van der Waals surface area contributed by atoms with Gasteiger partial charge in [-0.05, 0) is 50.3 Å². The van der Waals surface area contributed by atoms with E-state index in [0.29, 0.717) is 12.1 Å². The number of anilines is 1. The van der Waals surface area contributed by atoms with Crippen LogP contribution in [0.1, 0.15) is 44.6 Å². The Labute approximate surface area is 137 Å². The van der Waals surface area contributed by atoms with Crippen molar-refractivity contribution in [1.29, 1.82) is 0 Å². The van der Waals surface area contributed by atoms with Crippen LogP contribution in [0.2, 0.25) is 0 Å². The van der Waals surface area contributed by atoms with Crippen molar-refractivity contribution in [1.82, 2.24) is 5.32 Å². The molecule has 0 bridgehead atoms. The molecule has 116 valence electrons. The molecule has 1 saturated carbocycles. The van der Waals surface area contributed by atoms with Crippen molar-refractivity contribution < 1.29 is 0 Å². The summed E-state index contributed by atoms with van der Waals surface area (Å²) in [5.74, 6) is 0.877. The van der Waals surface area contributed by atoms with Gasteiger partial charge in [-0.15, -0.1) is 0 Å². The second kappa shape index (κ2) is 6.70. The van der Waals surface area contributed by atoms with Gasteiger partial charge in [-0.1, -0.05) is 41.3 Å². The highest BCUT2D eigenvalue weighted by Crippen LogP contribution is 2.31. The minimum Gasteiger partial charge on any atom is -0.366 e. The maximum absolute atomic E-state index is 3.81. The molecule has 2 unspecified atom stereocenters. The van der Waals surface area contributed by atoms with Crippen LogP contribution in [0.4, 0.5) is 5.69 Å². The maximum Gasteiger partial charge on any atom is 0.0387 e. The molecule has 2 fully saturated rings. The number of rotatable bonds is 2. The van der Waals surface area contributed by atoms with E-state index in [1.165, 1.54) is 47.8 Å². The van der Waals surface area contributed by atoms with Gasteiger partial charge < -0.3 is 10.2 Å². The summed E-state index contributed by atoms with van der Waals surface area (Å²) in [4.78, 5) is 2.60. The molecule has 3 rings (SSSR count). The zero-order valence-corrected chi connectivity index (χ0v) is 14.8. The topological polar surface area (TPSA) is 15.3 Å². The summed E-state index contributed by atoms with van der Waals surface area (Å²) in [6.07, 6.45) is 7.12. The second-order valence-corrected chi connectivity index (χ2v) is 7.70. The summed E-state index contributed by atoms with van der Waals surface area (Å²) in [6, 6.07) is 8.03. The molecular weight excluding hydrogens is 324 g/mol. The van der Waals surface area contributed by atoms with Gasteiger partial charge in [-0.3, -0.25) is 0 Å². The zero-order chi connectivity index (χ0) is 14.8. The average Bonchev–Trinajstić information content (AvgIpc) is 2.51. The summed E-state index contributed by atoms with van der Waals surface area (Å²) in [6.45, 7) is 6.74. The van der Waals surface area contributed by atoms with Crippen LogP contribution in [0.15, 0.2) is 22.7 Å². The van der Waals surface area contributed by atoms with Crippen molar-refractivity contribution in [3.63, 3.8) is 0 Å². The third-order valence-electron chi connectivity index (χ3n) is 5.31. The van der Waals surface area contributed by atoms with Crippen LogP contribution in [-0.4, -0.2) is 25.2 Å². The average molecular weight is 351 g/mol. The van der Waals surface area contributed by atoms with Crippen molar-refractivity contribution in [2.45, 2.75) is 58.0 Å². The van der Waals surface area contributed by atoms with E-state index in [4.69, 9.17) is 0 Å². The van der Waals surface area contributed by atoms with E-state index >= 15 is 0 Å². The highest BCUT2D eigenvalue weighted by molar-refractivity contribution is 9.10. The molecule has 1 aromatic rings. The molecule has 3 heteroatoms. The standard InChI is InChI=1S/C18H27BrN2/c1-13-8-9-16(10-17(13)19)21-12-18(20-11-14(21)2)15-6-4-3-5-7-15/h8-10,14-15,18,20H,3-7,11-12H2,1-2H3. The largest absolute Gasteiger partial charge is 0.366 e. The van der Waals surface area contributed by atoms with E-state index in [9.17, 15) is 0 Å². The fraction of sp³-hybridized carbons (Fsp3) is 0.667. The van der Waals surface area contributed by atoms with Crippen molar-refractivity contribution >= 4 is 21.6 Å². The van der Waals surface area contributed by atoms with E-state index in [1.807, 2.05) is 0 Å². The van der Waals surface area contributed by atoms with Gasteiger partial charge in [-0.2, -0.15) is 0 Å². The summed E-state index contributed by atoms with van der Waals surface area (Å²) in [5, 5.41) is 3.81. The lowest BCUT2D eigenvalue weighted by atomic mass is 9.82. The Morgan fingerprint density at radius 1 is 1.19 bits per heavy atom. The Bertz CT molecular complexity index is 482. The normalized spacial score (nSPS) is 27.9. The van der Waals surface area contributed by atoms with Crippen molar-refractivity contribution in [2.24, 2.45) is 5.92 Å². The van der Waals surface area contributed by atoms with Gasteiger partial charge in [0.2, 0.25) is 0 Å². The van der Waals surface area contributed by atoms with Crippen molar-refractivity contribution in [3.8, 4) is 0 Å². The van der Waals surface area contributed by atoms with Crippen LogP contribution >= 0.6 is 15.9 Å². The van der Waals surface area contributed by atoms with Gasteiger partial charge >= 0.3 is 0 Å². The first kappa shape index (κ1) is 15.4. The number of piperazine rings is 1. The molecule has 0 radical (unpaired) electrons. The molecule has 0 amide bonds. The lowest BCUT2D eigenvalue weighted by molar-refractivity contribution is 0.245. The molecule has 1 heterocycles. The highest BCUT2D eigenvalue weighted by atomic mass is 79.9. The Morgan fingerprint density at radius 3 is 2.67 bits per heavy atom. The second-order valence-electron chi connectivity index (χ2n) is 6.85. The first-order valence-electron chi connectivity index (χ1n) is 8.41. The molecule has 2 nitrogen and oxygen atoms in total. The molecule has 1 aliphatic carbocycles. The van der Waals surface area contributed by atoms with Crippen LogP contribution in [-0.2, 0) is 0 Å². The van der Waals surface area contributed by atoms with Crippen LogP contribution in [0, 0.1) is 12.8 Å². The summed E-state index contributed by atoms with van der Waals surface area (Å²) in [5.41, 5.74) is 2.67. The fourth-order valence-corrected chi connectivity index (χ4v) is 4.23. The molecule has 0 spiro atoms. The van der Waals surface area contributed by atoms with Crippen molar-refractivity contribution in [3.05, 3.63) is 28.2 Å². The molecule has 2 atom stereocenters. The minimum atomic E-state index is 0.569. The van der Waals surface area contributed by atoms with E-state index in [-0.39, 0.29) is 0 Å².